The Kier molecular flexibility index (Phi) is 6.77. The molecule has 4 heterocycles. The first kappa shape index (κ1) is 24.4. The highest BCUT2D eigenvalue weighted by atomic mass is 35.5. The number of urea groups is 1. The number of ether oxygens (including phenoxy) is 1. The Labute approximate surface area is 218 Å². The predicted molar refractivity (Wildman–Crippen MR) is 140 cm³/mol. The van der Waals surface area contributed by atoms with Crippen LogP contribution in [0.15, 0.2) is 43.0 Å². The zero-order valence-corrected chi connectivity index (χ0v) is 21.8. The fourth-order valence-electron chi connectivity index (χ4n) is 4.62. The average Bonchev–Trinajstić information content (AvgIpc) is 3.50. The van der Waals surface area contributed by atoms with Crippen molar-refractivity contribution in [1.82, 2.24) is 34.8 Å². The molecule has 0 saturated carbocycles. The molecular formula is C25H27Cl2N7O2. The number of H-pyrrole nitrogens is 1. The van der Waals surface area contributed by atoms with Crippen LogP contribution >= 0.6 is 23.2 Å². The molecule has 0 spiro atoms. The second kappa shape index (κ2) is 9.99. The van der Waals surface area contributed by atoms with E-state index in [0.29, 0.717) is 34.4 Å². The molecule has 1 unspecified atom stereocenters. The van der Waals surface area contributed by atoms with Gasteiger partial charge in [-0.3, -0.25) is 14.8 Å². The number of hydrogen-bond donors (Lipinski definition) is 1. The Morgan fingerprint density at radius 2 is 1.89 bits per heavy atom. The average molecular weight is 528 g/mol. The summed E-state index contributed by atoms with van der Waals surface area (Å²) in [6.45, 7) is 3.33. The molecule has 2 amide bonds. The van der Waals surface area contributed by atoms with E-state index >= 15 is 0 Å². The lowest BCUT2D eigenvalue weighted by atomic mass is 10.1. The van der Waals surface area contributed by atoms with Crippen LogP contribution in [0.2, 0.25) is 10.0 Å². The predicted octanol–water partition coefficient (Wildman–Crippen LogP) is 5.59. The maximum Gasteiger partial charge on any atom is 0.319 e. The molecule has 0 aliphatic carbocycles. The van der Waals surface area contributed by atoms with Crippen LogP contribution in [0.25, 0.3) is 22.2 Å². The molecular weight excluding hydrogens is 501 g/mol. The molecule has 11 heteroatoms. The van der Waals surface area contributed by atoms with Crippen LogP contribution in [-0.2, 0) is 0 Å². The molecule has 4 aromatic rings. The van der Waals surface area contributed by atoms with Gasteiger partial charge in [-0.25, -0.2) is 4.79 Å². The van der Waals surface area contributed by atoms with Crippen molar-refractivity contribution in [3.63, 3.8) is 0 Å². The summed E-state index contributed by atoms with van der Waals surface area (Å²) in [5, 5.41) is 14.1. The van der Waals surface area contributed by atoms with E-state index < -0.39 is 0 Å². The quantitative estimate of drug-likeness (QED) is 0.365. The Morgan fingerprint density at radius 3 is 2.58 bits per heavy atom. The summed E-state index contributed by atoms with van der Waals surface area (Å²) in [6, 6.07) is 6.07. The van der Waals surface area contributed by atoms with Gasteiger partial charge in [0.2, 0.25) is 0 Å². The van der Waals surface area contributed by atoms with Crippen molar-refractivity contribution >= 4 is 40.1 Å². The van der Waals surface area contributed by atoms with Crippen molar-refractivity contribution in [1.29, 1.82) is 0 Å². The van der Waals surface area contributed by atoms with Gasteiger partial charge in [0.15, 0.2) is 0 Å². The van der Waals surface area contributed by atoms with E-state index in [2.05, 4.69) is 20.3 Å². The molecule has 9 nitrogen and oxygen atoms in total. The minimum Gasteiger partial charge on any atom is -0.486 e. The van der Waals surface area contributed by atoms with Gasteiger partial charge in [0.1, 0.15) is 17.5 Å². The lowest BCUT2D eigenvalue weighted by molar-refractivity contribution is 0.146. The lowest BCUT2D eigenvalue weighted by Crippen LogP contribution is -2.44. The number of fused-ring (bicyclic) bond motifs is 1. The molecule has 1 saturated heterocycles. The summed E-state index contributed by atoms with van der Waals surface area (Å²) >= 11 is 12.6. The van der Waals surface area contributed by atoms with E-state index in [-0.39, 0.29) is 18.2 Å². The van der Waals surface area contributed by atoms with E-state index in [1.807, 2.05) is 47.1 Å². The van der Waals surface area contributed by atoms with E-state index in [1.165, 1.54) is 0 Å². The monoisotopic (exact) mass is 527 g/mol. The Hall–Kier alpha value is -3.30. The summed E-state index contributed by atoms with van der Waals surface area (Å²) in [5.41, 5.74) is 3.31. The second-order valence-electron chi connectivity index (χ2n) is 9.16. The minimum atomic E-state index is -0.367. The summed E-state index contributed by atoms with van der Waals surface area (Å²) in [4.78, 5) is 19.7. The Morgan fingerprint density at radius 1 is 1.17 bits per heavy atom. The molecule has 1 aromatic carbocycles. The van der Waals surface area contributed by atoms with Gasteiger partial charge in [-0.05, 0) is 38.0 Å². The number of piperidine rings is 1. The number of rotatable bonds is 5. The maximum absolute atomic E-state index is 12.2. The molecule has 1 aliphatic heterocycles. The number of aromatic amines is 1. The number of amides is 2. The number of nitrogens with zero attached hydrogens (tertiary/aromatic N) is 6. The minimum absolute atomic E-state index is 0.0541. The van der Waals surface area contributed by atoms with Gasteiger partial charge in [-0.15, -0.1) is 0 Å². The molecule has 188 valence electrons. The van der Waals surface area contributed by atoms with E-state index in [1.54, 1.807) is 31.4 Å². The van der Waals surface area contributed by atoms with Gasteiger partial charge in [-0.1, -0.05) is 23.2 Å². The number of likely N-dealkylation sites (tertiary alicyclic amines) is 1. The SMILES string of the molecule is CC(Oc1ccc2[nH]nc(-c3cnn(C4CCN(C(=O)N(C)C)CC4)c3)c2c1)c1c(Cl)cncc1Cl. The van der Waals surface area contributed by atoms with Crippen molar-refractivity contribution in [2.75, 3.05) is 27.2 Å². The number of carbonyl (C=O) groups is 1. The molecule has 1 N–H and O–H groups in total. The second-order valence-corrected chi connectivity index (χ2v) is 9.98. The standard InChI is InChI=1S/C25H27Cl2N7O2/c1-15(23-20(26)12-28-13-21(23)27)36-18-4-5-22-19(10-18)24(31-30-22)16-11-29-34(14-16)17-6-8-33(9-7-17)25(35)32(2)3/h4-5,10-15,17H,6-9H2,1-3H3,(H,30,31). The van der Waals surface area contributed by atoms with Crippen molar-refractivity contribution in [3.05, 3.63) is 58.6 Å². The molecule has 1 aliphatic rings. The third-order valence-corrected chi connectivity index (χ3v) is 7.11. The highest BCUT2D eigenvalue weighted by Gasteiger charge is 2.25. The number of carbonyl (C=O) groups excluding carboxylic acids is 1. The number of aromatic nitrogens is 5. The third kappa shape index (κ3) is 4.73. The Balaban J connectivity index is 1.34. The van der Waals surface area contributed by atoms with E-state index in [0.717, 1.165) is 35.0 Å². The van der Waals surface area contributed by atoms with E-state index in [4.69, 9.17) is 27.9 Å². The van der Waals surface area contributed by atoms with Crippen LogP contribution in [0.1, 0.15) is 37.5 Å². The molecule has 1 atom stereocenters. The third-order valence-electron chi connectivity index (χ3n) is 6.51. The molecule has 5 rings (SSSR count). The fraction of sp³-hybridized carbons (Fsp3) is 0.360. The molecule has 1 fully saturated rings. The van der Waals surface area contributed by atoms with E-state index in [9.17, 15) is 4.79 Å². The van der Waals surface area contributed by atoms with Crippen molar-refractivity contribution in [3.8, 4) is 17.0 Å². The zero-order valence-electron chi connectivity index (χ0n) is 20.3. The molecule has 0 radical (unpaired) electrons. The molecule has 0 bridgehead atoms. The van der Waals surface area contributed by atoms with Crippen molar-refractivity contribution < 1.29 is 9.53 Å². The van der Waals surface area contributed by atoms with Crippen molar-refractivity contribution in [2.45, 2.75) is 31.9 Å². The zero-order chi connectivity index (χ0) is 25.4. The molecule has 3 aromatic heterocycles. The lowest BCUT2D eigenvalue weighted by Gasteiger charge is -2.33. The van der Waals surface area contributed by atoms with Gasteiger partial charge >= 0.3 is 6.03 Å². The van der Waals surface area contributed by atoms with Crippen LogP contribution in [0.5, 0.6) is 5.75 Å². The number of benzene rings is 1. The van der Waals surface area contributed by atoms with Crippen LogP contribution in [0.4, 0.5) is 4.79 Å². The van der Waals surface area contributed by atoms with Crippen LogP contribution in [0.3, 0.4) is 0 Å². The van der Waals surface area contributed by atoms with Crippen molar-refractivity contribution in [2.24, 2.45) is 0 Å². The van der Waals surface area contributed by atoms with Gasteiger partial charge in [0.05, 0.1) is 27.8 Å². The largest absolute Gasteiger partial charge is 0.486 e. The summed E-state index contributed by atoms with van der Waals surface area (Å²) in [6.07, 6.45) is 8.32. The summed E-state index contributed by atoms with van der Waals surface area (Å²) in [5.74, 6) is 0.673. The number of halogens is 2. The number of nitrogens with one attached hydrogen (secondary N) is 1. The van der Waals surface area contributed by atoms with Gasteiger partial charge < -0.3 is 14.5 Å². The number of hydrogen-bond acceptors (Lipinski definition) is 5. The normalized spacial score (nSPS) is 15.3. The van der Waals surface area contributed by atoms with Gasteiger partial charge in [-0.2, -0.15) is 10.2 Å². The Bertz CT molecular complexity index is 1370. The van der Waals surface area contributed by atoms with Crippen LogP contribution < -0.4 is 4.74 Å². The van der Waals surface area contributed by atoms with Gasteiger partial charge in [0.25, 0.3) is 0 Å². The van der Waals surface area contributed by atoms with Crippen LogP contribution in [-0.4, -0.2) is 68.0 Å². The topological polar surface area (TPSA) is 92.2 Å². The first-order valence-electron chi connectivity index (χ1n) is 11.8. The first-order valence-corrected chi connectivity index (χ1v) is 12.5. The smallest absolute Gasteiger partial charge is 0.319 e. The van der Waals surface area contributed by atoms with Gasteiger partial charge in [0, 0.05) is 62.3 Å². The highest BCUT2D eigenvalue weighted by Crippen LogP contribution is 2.35. The first-order chi connectivity index (χ1) is 17.3. The highest BCUT2D eigenvalue weighted by molar-refractivity contribution is 6.35. The fourth-order valence-corrected chi connectivity index (χ4v) is 5.30. The summed E-state index contributed by atoms with van der Waals surface area (Å²) in [7, 11) is 3.56. The van der Waals surface area contributed by atoms with Crippen LogP contribution in [0, 0.1) is 0 Å². The summed E-state index contributed by atoms with van der Waals surface area (Å²) < 4.78 is 8.17. The number of pyridine rings is 1. The maximum atomic E-state index is 12.2. The molecule has 36 heavy (non-hydrogen) atoms.